The number of rotatable bonds is 2. The van der Waals surface area contributed by atoms with E-state index in [9.17, 15) is 4.79 Å². The van der Waals surface area contributed by atoms with Crippen LogP contribution in [0, 0.1) is 0 Å². The van der Waals surface area contributed by atoms with E-state index in [2.05, 4.69) is 21.4 Å². The first-order chi connectivity index (χ1) is 9.25. The molecule has 0 unspecified atom stereocenters. The summed E-state index contributed by atoms with van der Waals surface area (Å²) >= 11 is 0. The molecule has 1 aliphatic rings. The van der Waals surface area contributed by atoms with E-state index in [0.29, 0.717) is 5.56 Å². The van der Waals surface area contributed by atoms with Gasteiger partial charge >= 0.3 is 0 Å². The topological polar surface area (TPSA) is 80.9 Å². The fourth-order valence-corrected chi connectivity index (χ4v) is 2.33. The lowest BCUT2D eigenvalue weighted by molar-refractivity contribution is 0.100. The predicted octanol–water partition coefficient (Wildman–Crippen LogP) is 1.60. The van der Waals surface area contributed by atoms with E-state index in [1.165, 1.54) is 5.56 Å². The van der Waals surface area contributed by atoms with Crippen LogP contribution >= 0.6 is 0 Å². The molecule has 0 saturated heterocycles. The Balaban J connectivity index is 2.10. The van der Waals surface area contributed by atoms with Gasteiger partial charge in [-0.25, -0.2) is 4.98 Å². The van der Waals surface area contributed by atoms with Gasteiger partial charge in [0, 0.05) is 36.3 Å². The Bertz CT molecular complexity index is 639. The molecule has 3 N–H and O–H groups in total. The van der Waals surface area contributed by atoms with Crippen molar-refractivity contribution < 1.29 is 4.79 Å². The predicted molar refractivity (Wildman–Crippen MR) is 72.8 cm³/mol. The Morgan fingerprint density at radius 1 is 1.37 bits per heavy atom. The Kier molecular flexibility index (Phi) is 2.87. The second kappa shape index (κ2) is 4.68. The first-order valence-electron chi connectivity index (χ1n) is 6.22. The zero-order valence-electron chi connectivity index (χ0n) is 10.4. The molecule has 0 fully saturated rings. The van der Waals surface area contributed by atoms with Crippen LogP contribution in [-0.4, -0.2) is 22.4 Å². The highest BCUT2D eigenvalue weighted by Crippen LogP contribution is 2.27. The number of nitrogens with two attached hydrogens (primary N) is 1. The lowest BCUT2D eigenvalue weighted by atomic mass is 9.99. The van der Waals surface area contributed by atoms with Gasteiger partial charge in [-0.15, -0.1) is 0 Å². The molecule has 2 aromatic heterocycles. The summed E-state index contributed by atoms with van der Waals surface area (Å²) in [5, 5.41) is 3.26. The van der Waals surface area contributed by atoms with Crippen LogP contribution in [0.2, 0.25) is 0 Å². The van der Waals surface area contributed by atoms with Crippen LogP contribution in [-0.2, 0) is 6.42 Å². The quantitative estimate of drug-likeness (QED) is 0.853. The summed E-state index contributed by atoms with van der Waals surface area (Å²) in [6.45, 7) is 0.957. The van der Waals surface area contributed by atoms with Gasteiger partial charge in [0.15, 0.2) is 0 Å². The van der Waals surface area contributed by atoms with Crippen LogP contribution in [0.4, 0.5) is 5.82 Å². The molecule has 3 heterocycles. The fourth-order valence-electron chi connectivity index (χ4n) is 2.33. The lowest BCUT2D eigenvalue weighted by Crippen LogP contribution is -2.14. The Morgan fingerprint density at radius 3 is 3.11 bits per heavy atom. The van der Waals surface area contributed by atoms with Crippen LogP contribution < -0.4 is 11.1 Å². The number of hydrogen-bond donors (Lipinski definition) is 2. The van der Waals surface area contributed by atoms with Gasteiger partial charge in [-0.2, -0.15) is 0 Å². The molecule has 0 aliphatic carbocycles. The molecule has 1 amide bonds. The second-order valence-electron chi connectivity index (χ2n) is 4.55. The van der Waals surface area contributed by atoms with Gasteiger partial charge in [0.25, 0.3) is 0 Å². The first-order valence-corrected chi connectivity index (χ1v) is 6.22. The lowest BCUT2D eigenvalue weighted by Gasteiger charge is -2.17. The summed E-state index contributed by atoms with van der Waals surface area (Å²) in [5.41, 5.74) is 8.64. The number of primary amides is 1. The number of fused-ring (bicyclic) bond motifs is 1. The fraction of sp³-hybridized carbons (Fsp3) is 0.214. The maximum Gasteiger partial charge on any atom is 0.249 e. The van der Waals surface area contributed by atoms with E-state index in [-0.39, 0.29) is 0 Å². The van der Waals surface area contributed by atoms with Crippen molar-refractivity contribution >= 4 is 11.7 Å². The van der Waals surface area contributed by atoms with Crippen molar-refractivity contribution in [1.29, 1.82) is 0 Å². The maximum atomic E-state index is 11.4. The molecule has 5 heteroatoms. The van der Waals surface area contributed by atoms with Gasteiger partial charge in [0.1, 0.15) is 5.82 Å². The number of nitrogens with zero attached hydrogens (tertiary/aromatic N) is 2. The van der Waals surface area contributed by atoms with Crippen LogP contribution in [0.25, 0.3) is 11.1 Å². The Hall–Kier alpha value is -2.43. The summed E-state index contributed by atoms with van der Waals surface area (Å²) in [4.78, 5) is 19.9. The second-order valence-corrected chi connectivity index (χ2v) is 4.55. The maximum absolute atomic E-state index is 11.4. The van der Waals surface area contributed by atoms with Crippen LogP contribution in [0.15, 0.2) is 30.7 Å². The normalized spacial score (nSPS) is 13.5. The molecule has 0 radical (unpaired) electrons. The molecule has 96 valence electrons. The van der Waals surface area contributed by atoms with Gasteiger partial charge in [-0.3, -0.25) is 9.78 Å². The minimum atomic E-state index is -0.451. The summed E-state index contributed by atoms with van der Waals surface area (Å²) < 4.78 is 0. The molecule has 0 bridgehead atoms. The van der Waals surface area contributed by atoms with Crippen molar-refractivity contribution in [3.8, 4) is 11.1 Å². The third-order valence-electron chi connectivity index (χ3n) is 3.28. The van der Waals surface area contributed by atoms with Crippen LogP contribution in [0.5, 0.6) is 0 Å². The average molecular weight is 254 g/mol. The molecule has 1 aliphatic heterocycles. The number of pyridine rings is 2. The zero-order chi connectivity index (χ0) is 13.2. The van der Waals surface area contributed by atoms with Gasteiger partial charge in [0.05, 0.1) is 5.56 Å². The Morgan fingerprint density at radius 2 is 2.26 bits per heavy atom. The number of carbonyl (C=O) groups is 1. The molecule has 0 atom stereocenters. The number of carbonyl (C=O) groups excluding carboxylic acids is 1. The number of anilines is 1. The largest absolute Gasteiger partial charge is 0.370 e. The molecule has 0 saturated carbocycles. The van der Waals surface area contributed by atoms with Crippen molar-refractivity contribution in [2.24, 2.45) is 5.73 Å². The van der Waals surface area contributed by atoms with E-state index >= 15 is 0 Å². The van der Waals surface area contributed by atoms with Gasteiger partial charge in [0.2, 0.25) is 5.91 Å². The number of aryl methyl sites for hydroxylation is 1. The average Bonchev–Trinajstić information content (AvgIpc) is 2.46. The number of hydrogen-bond acceptors (Lipinski definition) is 4. The van der Waals surface area contributed by atoms with E-state index in [1.54, 1.807) is 24.7 Å². The summed E-state index contributed by atoms with van der Waals surface area (Å²) in [7, 11) is 0. The third-order valence-corrected chi connectivity index (χ3v) is 3.28. The van der Waals surface area contributed by atoms with Crippen molar-refractivity contribution in [2.75, 3.05) is 11.9 Å². The van der Waals surface area contributed by atoms with E-state index < -0.39 is 5.91 Å². The molecule has 19 heavy (non-hydrogen) atoms. The standard InChI is InChI=1S/C14H14N4O/c15-13(19)11-3-5-16-8-12(11)10-6-9-2-1-4-17-14(9)18-7-10/h3,5-8H,1-2,4H2,(H2,15,19)(H,17,18). The highest BCUT2D eigenvalue weighted by Gasteiger charge is 2.14. The molecular weight excluding hydrogens is 240 g/mol. The minimum absolute atomic E-state index is 0.451. The molecule has 3 rings (SSSR count). The van der Waals surface area contributed by atoms with Crippen molar-refractivity contribution in [3.63, 3.8) is 0 Å². The molecule has 5 nitrogen and oxygen atoms in total. The molecule has 2 aromatic rings. The first kappa shape index (κ1) is 11.6. The van der Waals surface area contributed by atoms with Crippen LogP contribution in [0.3, 0.4) is 0 Å². The van der Waals surface area contributed by atoms with E-state index in [4.69, 9.17) is 5.73 Å². The molecular formula is C14H14N4O. The van der Waals surface area contributed by atoms with Gasteiger partial charge < -0.3 is 11.1 Å². The zero-order valence-corrected chi connectivity index (χ0v) is 10.4. The van der Waals surface area contributed by atoms with Gasteiger partial charge in [-0.1, -0.05) is 0 Å². The number of aromatic nitrogens is 2. The van der Waals surface area contributed by atoms with Crippen molar-refractivity contribution in [3.05, 3.63) is 41.9 Å². The SMILES string of the molecule is NC(=O)c1ccncc1-c1cnc2c(c1)CCCN2. The van der Waals surface area contributed by atoms with E-state index in [0.717, 1.165) is 36.3 Å². The highest BCUT2D eigenvalue weighted by atomic mass is 16.1. The van der Waals surface area contributed by atoms with E-state index in [1.807, 2.05) is 0 Å². The van der Waals surface area contributed by atoms with Crippen LogP contribution in [0.1, 0.15) is 22.3 Å². The number of amides is 1. The third kappa shape index (κ3) is 2.14. The summed E-state index contributed by atoms with van der Waals surface area (Å²) in [6.07, 6.45) is 7.06. The monoisotopic (exact) mass is 254 g/mol. The number of nitrogens with one attached hydrogen (secondary N) is 1. The van der Waals surface area contributed by atoms with Crippen molar-refractivity contribution in [2.45, 2.75) is 12.8 Å². The summed E-state index contributed by atoms with van der Waals surface area (Å²) in [5.74, 6) is 0.479. The summed E-state index contributed by atoms with van der Waals surface area (Å²) in [6, 6.07) is 3.69. The van der Waals surface area contributed by atoms with Crippen molar-refractivity contribution in [1.82, 2.24) is 9.97 Å². The smallest absolute Gasteiger partial charge is 0.249 e. The van der Waals surface area contributed by atoms with Gasteiger partial charge in [-0.05, 0) is 30.5 Å². The molecule has 0 spiro atoms. The molecule has 0 aromatic carbocycles. The highest BCUT2D eigenvalue weighted by molar-refractivity contribution is 5.99. The Labute approximate surface area is 110 Å². The minimum Gasteiger partial charge on any atom is -0.370 e.